The van der Waals surface area contributed by atoms with E-state index in [-0.39, 0.29) is 29.5 Å². The van der Waals surface area contributed by atoms with Gasteiger partial charge in [-0.15, -0.1) is 0 Å². The molecular formula is C8H20ClCuN+2. The number of quaternary nitrogens is 1. The first kappa shape index (κ1) is 17.8. The molecule has 0 unspecified atom stereocenters. The maximum atomic E-state index is 2.27. The summed E-state index contributed by atoms with van der Waals surface area (Å²) in [6.45, 7) is 14.2. The summed E-state index contributed by atoms with van der Waals surface area (Å²) in [6.07, 6.45) is 0. The van der Waals surface area contributed by atoms with Crippen LogP contribution >= 0.6 is 0 Å². The monoisotopic (exact) mass is 228 g/mol. The fraction of sp³-hybridized carbons (Fsp3) is 1.00. The first-order valence-corrected chi connectivity index (χ1v) is 4.09. The SMILES string of the molecule is CC[N+](CC)(CC)CC.[Cl-].[Cu+2]. The topological polar surface area (TPSA) is 0 Å². The van der Waals surface area contributed by atoms with E-state index in [1.807, 2.05) is 0 Å². The molecule has 0 aliphatic carbocycles. The standard InChI is InChI=1S/C8H20N.ClH.Cu/c1-5-9(6-2,7-3)8-4;;/h5-8H2,1-4H3;1H;/q+1;;+2/p-1. The molecule has 0 amide bonds. The summed E-state index contributed by atoms with van der Waals surface area (Å²) < 4.78 is 1.28. The van der Waals surface area contributed by atoms with E-state index in [4.69, 9.17) is 0 Å². The van der Waals surface area contributed by atoms with Gasteiger partial charge in [0.15, 0.2) is 0 Å². The van der Waals surface area contributed by atoms with Crippen molar-refractivity contribution in [2.24, 2.45) is 0 Å². The van der Waals surface area contributed by atoms with Crippen molar-refractivity contribution in [3.8, 4) is 0 Å². The van der Waals surface area contributed by atoms with E-state index in [1.54, 1.807) is 0 Å². The second-order valence-corrected chi connectivity index (χ2v) is 2.61. The van der Waals surface area contributed by atoms with Gasteiger partial charge in [0, 0.05) is 0 Å². The summed E-state index contributed by atoms with van der Waals surface area (Å²) in [5.74, 6) is 0. The maximum Gasteiger partial charge on any atom is 2.00 e. The van der Waals surface area contributed by atoms with E-state index in [0.717, 1.165) is 0 Å². The van der Waals surface area contributed by atoms with Crippen LogP contribution < -0.4 is 12.4 Å². The van der Waals surface area contributed by atoms with Crippen LogP contribution in [0.15, 0.2) is 0 Å². The van der Waals surface area contributed by atoms with Crippen molar-refractivity contribution in [1.82, 2.24) is 0 Å². The summed E-state index contributed by atoms with van der Waals surface area (Å²) in [5.41, 5.74) is 0. The number of hydrogen-bond donors (Lipinski definition) is 0. The van der Waals surface area contributed by atoms with Gasteiger partial charge in [0.2, 0.25) is 0 Å². The Balaban J connectivity index is -0.000000320. The molecule has 0 aliphatic rings. The van der Waals surface area contributed by atoms with Gasteiger partial charge in [-0.2, -0.15) is 0 Å². The Hall–Kier alpha value is 0.769. The van der Waals surface area contributed by atoms with Gasteiger partial charge in [-0.25, -0.2) is 0 Å². The first-order chi connectivity index (χ1) is 4.24. The molecule has 11 heavy (non-hydrogen) atoms. The van der Waals surface area contributed by atoms with Crippen molar-refractivity contribution in [2.75, 3.05) is 26.2 Å². The van der Waals surface area contributed by atoms with Crippen LogP contribution in [-0.4, -0.2) is 30.7 Å². The average molecular weight is 229 g/mol. The van der Waals surface area contributed by atoms with Crippen LogP contribution in [0.1, 0.15) is 27.7 Å². The van der Waals surface area contributed by atoms with E-state index >= 15 is 0 Å². The van der Waals surface area contributed by atoms with Gasteiger partial charge in [0.1, 0.15) is 0 Å². The summed E-state index contributed by atoms with van der Waals surface area (Å²) >= 11 is 0. The van der Waals surface area contributed by atoms with Crippen LogP contribution in [-0.2, 0) is 17.1 Å². The Morgan fingerprint density at radius 3 is 0.909 bits per heavy atom. The minimum absolute atomic E-state index is 0. The molecule has 0 aromatic heterocycles. The van der Waals surface area contributed by atoms with E-state index < -0.39 is 0 Å². The molecule has 3 heteroatoms. The molecule has 0 N–H and O–H groups in total. The van der Waals surface area contributed by atoms with Crippen LogP contribution in [0.3, 0.4) is 0 Å². The Morgan fingerprint density at radius 1 is 0.727 bits per heavy atom. The van der Waals surface area contributed by atoms with Gasteiger partial charge < -0.3 is 16.9 Å². The Labute approximate surface area is 88.0 Å². The first-order valence-electron chi connectivity index (χ1n) is 4.09. The fourth-order valence-electron chi connectivity index (χ4n) is 1.34. The van der Waals surface area contributed by atoms with Crippen molar-refractivity contribution in [3.05, 3.63) is 0 Å². The normalized spacial score (nSPS) is 9.82. The number of hydrogen-bond acceptors (Lipinski definition) is 0. The molecule has 0 fully saturated rings. The quantitative estimate of drug-likeness (QED) is 0.423. The van der Waals surface area contributed by atoms with Crippen LogP contribution in [0.4, 0.5) is 0 Å². The van der Waals surface area contributed by atoms with Gasteiger partial charge in [-0.3, -0.25) is 0 Å². The molecule has 0 atom stereocenters. The zero-order valence-corrected chi connectivity index (χ0v) is 9.65. The van der Waals surface area contributed by atoms with Gasteiger partial charge in [-0.05, 0) is 27.7 Å². The number of halogens is 1. The molecule has 0 heterocycles. The predicted molar refractivity (Wildman–Crippen MR) is 42.4 cm³/mol. The number of nitrogens with zero attached hydrogens (tertiary/aromatic N) is 1. The summed E-state index contributed by atoms with van der Waals surface area (Å²) in [6, 6.07) is 0. The largest absolute Gasteiger partial charge is 2.00 e. The summed E-state index contributed by atoms with van der Waals surface area (Å²) in [4.78, 5) is 0. The average Bonchev–Trinajstić information content (AvgIpc) is 1.95. The van der Waals surface area contributed by atoms with Gasteiger partial charge in [0.25, 0.3) is 0 Å². The molecule has 0 spiro atoms. The molecule has 73 valence electrons. The zero-order chi connectivity index (χ0) is 7.33. The third-order valence-corrected chi connectivity index (χ3v) is 2.68. The van der Waals surface area contributed by atoms with Crippen molar-refractivity contribution >= 4 is 0 Å². The molecule has 0 aromatic carbocycles. The molecule has 0 saturated heterocycles. The molecular weight excluding hydrogens is 209 g/mol. The Kier molecular flexibility index (Phi) is 14.3. The van der Waals surface area contributed by atoms with E-state index in [9.17, 15) is 0 Å². The number of rotatable bonds is 4. The van der Waals surface area contributed by atoms with Crippen molar-refractivity contribution in [1.29, 1.82) is 0 Å². The van der Waals surface area contributed by atoms with Crippen molar-refractivity contribution in [2.45, 2.75) is 27.7 Å². The van der Waals surface area contributed by atoms with Gasteiger partial charge in [0.05, 0.1) is 26.2 Å². The van der Waals surface area contributed by atoms with Crippen LogP contribution in [0, 0.1) is 0 Å². The van der Waals surface area contributed by atoms with E-state index in [2.05, 4.69) is 27.7 Å². The second-order valence-electron chi connectivity index (χ2n) is 2.61. The molecule has 0 aromatic rings. The Bertz CT molecular complexity index is 57.0. The van der Waals surface area contributed by atoms with Crippen LogP contribution in [0.25, 0.3) is 0 Å². The molecule has 1 radical (unpaired) electrons. The van der Waals surface area contributed by atoms with Crippen molar-refractivity contribution < 1.29 is 34.0 Å². The molecule has 0 bridgehead atoms. The van der Waals surface area contributed by atoms with Crippen LogP contribution in [0.5, 0.6) is 0 Å². The van der Waals surface area contributed by atoms with E-state index in [0.29, 0.717) is 0 Å². The minimum atomic E-state index is 0. The minimum Gasteiger partial charge on any atom is -1.00 e. The Morgan fingerprint density at radius 2 is 0.909 bits per heavy atom. The summed E-state index contributed by atoms with van der Waals surface area (Å²) in [7, 11) is 0. The smallest absolute Gasteiger partial charge is 1.00 e. The fourth-order valence-corrected chi connectivity index (χ4v) is 1.34. The third kappa shape index (κ3) is 5.08. The zero-order valence-electron chi connectivity index (χ0n) is 7.96. The molecule has 1 nitrogen and oxygen atoms in total. The third-order valence-electron chi connectivity index (χ3n) is 2.68. The molecule has 0 aliphatic heterocycles. The van der Waals surface area contributed by atoms with Crippen LogP contribution in [0.2, 0.25) is 0 Å². The summed E-state index contributed by atoms with van der Waals surface area (Å²) in [5, 5.41) is 0. The second kappa shape index (κ2) is 8.86. The van der Waals surface area contributed by atoms with Crippen molar-refractivity contribution in [3.63, 3.8) is 0 Å². The molecule has 0 saturated carbocycles. The van der Waals surface area contributed by atoms with E-state index in [1.165, 1.54) is 30.7 Å². The predicted octanol–water partition coefficient (Wildman–Crippen LogP) is -1.12. The maximum absolute atomic E-state index is 2.27. The van der Waals surface area contributed by atoms with Gasteiger partial charge in [-0.1, -0.05) is 0 Å². The van der Waals surface area contributed by atoms with Gasteiger partial charge >= 0.3 is 17.1 Å². The molecule has 0 rings (SSSR count).